The van der Waals surface area contributed by atoms with Gasteiger partial charge in [-0.2, -0.15) is 0 Å². The molecule has 88 valence electrons. The zero-order chi connectivity index (χ0) is 11.7. The number of methoxy groups -OCH3 is 1. The number of aliphatic hydroxyl groups excluding tert-OH is 1. The number of carbonyl (C=O) groups excluding carboxylic acids is 1. The number of aliphatic hydroxyl groups is 1. The van der Waals surface area contributed by atoms with E-state index in [-0.39, 0.29) is 11.4 Å². The Morgan fingerprint density at radius 2 is 2.50 bits per heavy atom. The predicted octanol–water partition coefficient (Wildman–Crippen LogP) is -0.781. The minimum absolute atomic E-state index is 0.102. The van der Waals surface area contributed by atoms with E-state index in [0.717, 1.165) is 11.3 Å². The summed E-state index contributed by atoms with van der Waals surface area (Å²) in [7, 11) is 1.28. The summed E-state index contributed by atoms with van der Waals surface area (Å²) in [6.07, 6.45) is -0.666. The Labute approximate surface area is 95.5 Å². The van der Waals surface area contributed by atoms with Crippen LogP contribution in [0, 0.1) is 0 Å². The third kappa shape index (κ3) is 1.89. The van der Waals surface area contributed by atoms with Gasteiger partial charge in [0.15, 0.2) is 0 Å². The number of fused-ring (bicyclic) bond motifs is 1. The molecule has 2 N–H and O–H groups in total. The zero-order valence-electron chi connectivity index (χ0n) is 8.73. The molecule has 0 aromatic carbocycles. The van der Waals surface area contributed by atoms with Gasteiger partial charge in [-0.25, -0.2) is 0 Å². The Morgan fingerprint density at radius 3 is 3.19 bits per heavy atom. The van der Waals surface area contributed by atoms with Crippen molar-refractivity contribution in [3.63, 3.8) is 0 Å². The number of hydrogen-bond donors (Lipinski definition) is 2. The van der Waals surface area contributed by atoms with Crippen molar-refractivity contribution >= 4 is 17.3 Å². The lowest BCUT2D eigenvalue weighted by atomic mass is 10.2. The first-order chi connectivity index (χ1) is 7.63. The number of nitrogens with zero attached hydrogens (tertiary/aromatic N) is 1. The molecular formula is C9H12N2O4S. The molecule has 0 radical (unpaired) electrons. The standard InChI is InChI=1S/C9H12N2O4S/c1-15-7(13)4-11-5-2-10-3-6(12)8(5)16-9(11)14/h6,10,12H,2-4H2,1H3. The van der Waals surface area contributed by atoms with Crippen LogP contribution in [-0.4, -0.2) is 29.3 Å². The van der Waals surface area contributed by atoms with Gasteiger partial charge in [-0.05, 0) is 0 Å². The fourth-order valence-corrected chi connectivity index (χ4v) is 2.66. The van der Waals surface area contributed by atoms with Crippen LogP contribution >= 0.6 is 11.3 Å². The lowest BCUT2D eigenvalue weighted by molar-refractivity contribution is -0.141. The molecule has 1 atom stereocenters. The van der Waals surface area contributed by atoms with Crippen LogP contribution in [0.15, 0.2) is 4.79 Å². The first kappa shape index (κ1) is 11.3. The highest BCUT2D eigenvalue weighted by molar-refractivity contribution is 7.09. The maximum atomic E-state index is 11.6. The highest BCUT2D eigenvalue weighted by atomic mass is 32.1. The predicted molar refractivity (Wildman–Crippen MR) is 57.3 cm³/mol. The zero-order valence-corrected chi connectivity index (χ0v) is 9.54. The largest absolute Gasteiger partial charge is 0.468 e. The molecule has 1 unspecified atom stereocenters. The molecule has 0 aliphatic carbocycles. The van der Waals surface area contributed by atoms with Crippen LogP contribution in [0.25, 0.3) is 0 Å². The first-order valence-corrected chi connectivity index (χ1v) is 5.63. The lowest BCUT2D eigenvalue weighted by Crippen LogP contribution is -2.31. The van der Waals surface area contributed by atoms with E-state index in [1.165, 1.54) is 11.7 Å². The van der Waals surface area contributed by atoms with E-state index in [9.17, 15) is 14.7 Å². The molecule has 1 aromatic rings. The van der Waals surface area contributed by atoms with Gasteiger partial charge in [-0.1, -0.05) is 11.3 Å². The normalized spacial score (nSPS) is 19.2. The summed E-state index contributed by atoms with van der Waals surface area (Å²) in [4.78, 5) is 23.2. The molecule has 7 heteroatoms. The molecule has 16 heavy (non-hydrogen) atoms. The van der Waals surface area contributed by atoms with Gasteiger partial charge in [-0.3, -0.25) is 14.2 Å². The summed E-state index contributed by atoms with van der Waals surface area (Å²) in [6.45, 7) is 0.822. The van der Waals surface area contributed by atoms with Crippen molar-refractivity contribution in [1.82, 2.24) is 9.88 Å². The second-order valence-electron chi connectivity index (χ2n) is 3.49. The maximum absolute atomic E-state index is 11.6. The molecule has 1 aromatic heterocycles. The number of hydrogen-bond acceptors (Lipinski definition) is 6. The molecule has 2 rings (SSSR count). The Bertz CT molecular complexity index is 465. The van der Waals surface area contributed by atoms with Gasteiger partial charge in [-0.15, -0.1) is 0 Å². The number of β-amino-alcohol motifs (C(OH)–C–C–N with tert-alkyl or cyclic N) is 1. The van der Waals surface area contributed by atoms with E-state index in [1.54, 1.807) is 0 Å². The summed E-state index contributed by atoms with van der Waals surface area (Å²) in [5.74, 6) is -0.470. The van der Waals surface area contributed by atoms with Gasteiger partial charge in [0.2, 0.25) is 0 Å². The van der Waals surface area contributed by atoms with Gasteiger partial charge in [0.1, 0.15) is 12.6 Å². The van der Waals surface area contributed by atoms with Crippen molar-refractivity contribution in [1.29, 1.82) is 0 Å². The third-order valence-corrected chi connectivity index (χ3v) is 3.60. The Balaban J connectivity index is 2.38. The molecule has 6 nitrogen and oxygen atoms in total. The summed E-state index contributed by atoms with van der Waals surface area (Å²) in [5.41, 5.74) is 0.680. The fourth-order valence-electron chi connectivity index (χ4n) is 1.67. The molecule has 0 fully saturated rings. The molecular weight excluding hydrogens is 232 g/mol. The quantitative estimate of drug-likeness (QED) is 0.667. The number of aromatic nitrogens is 1. The molecule has 0 bridgehead atoms. The average molecular weight is 244 g/mol. The summed E-state index contributed by atoms with van der Waals surface area (Å²) < 4.78 is 5.87. The van der Waals surface area contributed by atoms with E-state index in [0.29, 0.717) is 23.7 Å². The number of thiazole rings is 1. The van der Waals surface area contributed by atoms with Crippen LogP contribution in [0.2, 0.25) is 0 Å². The van der Waals surface area contributed by atoms with Crippen molar-refractivity contribution in [2.24, 2.45) is 0 Å². The monoisotopic (exact) mass is 244 g/mol. The molecule has 0 amide bonds. The average Bonchev–Trinajstić information content (AvgIpc) is 2.58. The summed E-state index contributed by atoms with van der Waals surface area (Å²) >= 11 is 0.987. The third-order valence-electron chi connectivity index (χ3n) is 2.48. The highest BCUT2D eigenvalue weighted by Gasteiger charge is 2.25. The lowest BCUT2D eigenvalue weighted by Gasteiger charge is -2.19. The van der Waals surface area contributed by atoms with Crippen molar-refractivity contribution in [2.45, 2.75) is 19.2 Å². The number of carbonyl (C=O) groups is 1. The molecule has 2 heterocycles. The highest BCUT2D eigenvalue weighted by Crippen LogP contribution is 2.24. The SMILES string of the molecule is COC(=O)Cn1c2c(sc1=O)C(O)CNC2. The van der Waals surface area contributed by atoms with Crippen LogP contribution in [-0.2, 0) is 22.6 Å². The van der Waals surface area contributed by atoms with Crippen LogP contribution in [0.4, 0.5) is 0 Å². The summed E-state index contributed by atoms with van der Waals surface area (Å²) in [6, 6.07) is 0. The van der Waals surface area contributed by atoms with Crippen LogP contribution in [0.3, 0.4) is 0 Å². The molecule has 0 spiro atoms. The summed E-state index contributed by atoms with van der Waals surface area (Å²) in [5, 5.41) is 12.7. The second kappa shape index (κ2) is 4.36. The van der Waals surface area contributed by atoms with E-state index in [2.05, 4.69) is 10.1 Å². The Morgan fingerprint density at radius 1 is 1.75 bits per heavy atom. The van der Waals surface area contributed by atoms with Gasteiger partial charge in [0.05, 0.1) is 17.7 Å². The number of rotatable bonds is 2. The molecule has 0 saturated heterocycles. The van der Waals surface area contributed by atoms with Crippen molar-refractivity contribution in [3.8, 4) is 0 Å². The van der Waals surface area contributed by atoms with E-state index in [4.69, 9.17) is 0 Å². The minimum atomic E-state index is -0.666. The van der Waals surface area contributed by atoms with Crippen molar-refractivity contribution in [3.05, 3.63) is 20.2 Å². The van der Waals surface area contributed by atoms with Gasteiger partial charge < -0.3 is 15.2 Å². The smallest absolute Gasteiger partial charge is 0.325 e. The van der Waals surface area contributed by atoms with Crippen LogP contribution in [0.1, 0.15) is 16.7 Å². The first-order valence-electron chi connectivity index (χ1n) is 4.81. The molecule has 1 aliphatic rings. The van der Waals surface area contributed by atoms with E-state index >= 15 is 0 Å². The number of nitrogens with one attached hydrogen (secondary N) is 1. The van der Waals surface area contributed by atoms with Gasteiger partial charge in [0, 0.05) is 13.1 Å². The topological polar surface area (TPSA) is 80.6 Å². The Hall–Kier alpha value is -1.18. The number of ether oxygens (including phenoxy) is 1. The maximum Gasteiger partial charge on any atom is 0.325 e. The van der Waals surface area contributed by atoms with Crippen LogP contribution < -0.4 is 10.2 Å². The van der Waals surface area contributed by atoms with E-state index in [1.807, 2.05) is 0 Å². The van der Waals surface area contributed by atoms with Crippen molar-refractivity contribution < 1.29 is 14.6 Å². The van der Waals surface area contributed by atoms with Crippen LogP contribution in [0.5, 0.6) is 0 Å². The van der Waals surface area contributed by atoms with Crippen molar-refractivity contribution in [2.75, 3.05) is 13.7 Å². The van der Waals surface area contributed by atoms with Gasteiger partial charge >= 0.3 is 10.8 Å². The van der Waals surface area contributed by atoms with E-state index < -0.39 is 12.1 Å². The molecule has 1 aliphatic heterocycles. The minimum Gasteiger partial charge on any atom is -0.468 e. The number of esters is 1. The molecule has 0 saturated carbocycles. The van der Waals surface area contributed by atoms with Gasteiger partial charge in [0.25, 0.3) is 0 Å². The Kier molecular flexibility index (Phi) is 3.08. The second-order valence-corrected chi connectivity index (χ2v) is 4.48. The fraction of sp³-hybridized carbons (Fsp3) is 0.556.